The van der Waals surface area contributed by atoms with E-state index in [0.29, 0.717) is 24.4 Å². The van der Waals surface area contributed by atoms with Gasteiger partial charge in [-0.15, -0.1) is 0 Å². The van der Waals surface area contributed by atoms with Gasteiger partial charge in [0.2, 0.25) is 0 Å². The Hall–Kier alpha value is -2.40. The molecule has 2 N–H and O–H groups in total. The van der Waals surface area contributed by atoms with Crippen LogP contribution in [-0.4, -0.2) is 31.1 Å². The highest BCUT2D eigenvalue weighted by Gasteiger charge is 2.17. The molecule has 5 nitrogen and oxygen atoms in total. The van der Waals surface area contributed by atoms with Gasteiger partial charge >= 0.3 is 0 Å². The summed E-state index contributed by atoms with van der Waals surface area (Å²) in [5.41, 5.74) is 6.97. The molecule has 0 fully saturated rings. The van der Waals surface area contributed by atoms with Crippen LogP contribution in [0.2, 0.25) is 0 Å². The SMILES string of the molecule is COc1cccc(N(CCCN)C(=O)c2ccncc2)c1. The average molecular weight is 285 g/mol. The molecule has 1 amide bonds. The number of benzene rings is 1. The lowest BCUT2D eigenvalue weighted by Crippen LogP contribution is -2.33. The van der Waals surface area contributed by atoms with E-state index < -0.39 is 0 Å². The summed E-state index contributed by atoms with van der Waals surface area (Å²) in [7, 11) is 1.61. The summed E-state index contributed by atoms with van der Waals surface area (Å²) in [6.45, 7) is 1.09. The first kappa shape index (κ1) is 15.0. The number of methoxy groups -OCH3 is 1. The van der Waals surface area contributed by atoms with E-state index in [2.05, 4.69) is 4.98 Å². The minimum Gasteiger partial charge on any atom is -0.497 e. The highest BCUT2D eigenvalue weighted by Crippen LogP contribution is 2.22. The van der Waals surface area contributed by atoms with E-state index >= 15 is 0 Å². The van der Waals surface area contributed by atoms with Gasteiger partial charge in [0.15, 0.2) is 0 Å². The van der Waals surface area contributed by atoms with Gasteiger partial charge in [-0.25, -0.2) is 0 Å². The van der Waals surface area contributed by atoms with Crippen LogP contribution >= 0.6 is 0 Å². The van der Waals surface area contributed by atoms with Gasteiger partial charge in [0.05, 0.1) is 7.11 Å². The quantitative estimate of drug-likeness (QED) is 0.882. The molecule has 0 aliphatic carbocycles. The molecular weight excluding hydrogens is 266 g/mol. The van der Waals surface area contributed by atoms with Crippen molar-refractivity contribution in [3.05, 3.63) is 54.4 Å². The number of nitrogens with zero attached hydrogens (tertiary/aromatic N) is 2. The predicted octanol–water partition coefficient (Wildman–Crippen LogP) is 2.09. The highest BCUT2D eigenvalue weighted by atomic mass is 16.5. The molecular formula is C16H19N3O2. The monoisotopic (exact) mass is 285 g/mol. The van der Waals surface area contributed by atoms with E-state index in [1.807, 2.05) is 24.3 Å². The van der Waals surface area contributed by atoms with Crippen LogP contribution in [0.3, 0.4) is 0 Å². The molecule has 110 valence electrons. The third-order valence-electron chi connectivity index (χ3n) is 3.12. The molecule has 2 aromatic rings. The van der Waals surface area contributed by atoms with Crippen LogP contribution in [0.25, 0.3) is 0 Å². The van der Waals surface area contributed by atoms with Gasteiger partial charge in [-0.05, 0) is 37.2 Å². The molecule has 2 rings (SSSR count). The Morgan fingerprint density at radius 1 is 1.29 bits per heavy atom. The number of ether oxygens (including phenoxy) is 1. The fourth-order valence-corrected chi connectivity index (χ4v) is 2.03. The largest absolute Gasteiger partial charge is 0.497 e. The first-order chi connectivity index (χ1) is 10.3. The lowest BCUT2D eigenvalue weighted by atomic mass is 10.2. The zero-order valence-corrected chi connectivity index (χ0v) is 12.0. The molecule has 1 aromatic carbocycles. The molecule has 1 aromatic heterocycles. The molecule has 21 heavy (non-hydrogen) atoms. The van der Waals surface area contributed by atoms with Crippen molar-refractivity contribution in [3.8, 4) is 5.75 Å². The molecule has 0 saturated heterocycles. The third kappa shape index (κ3) is 3.79. The van der Waals surface area contributed by atoms with Gasteiger partial charge < -0.3 is 15.4 Å². The lowest BCUT2D eigenvalue weighted by molar-refractivity contribution is 0.0986. The number of anilines is 1. The highest BCUT2D eigenvalue weighted by molar-refractivity contribution is 6.06. The van der Waals surface area contributed by atoms with Crippen LogP contribution in [-0.2, 0) is 0 Å². The van der Waals surface area contributed by atoms with Crippen molar-refractivity contribution in [1.29, 1.82) is 0 Å². The second kappa shape index (κ2) is 7.40. The second-order valence-electron chi connectivity index (χ2n) is 4.54. The summed E-state index contributed by atoms with van der Waals surface area (Å²) in [6, 6.07) is 10.9. The fourth-order valence-electron chi connectivity index (χ4n) is 2.03. The number of rotatable bonds is 6. The second-order valence-corrected chi connectivity index (χ2v) is 4.54. The van der Waals surface area contributed by atoms with Crippen molar-refractivity contribution in [2.45, 2.75) is 6.42 Å². The summed E-state index contributed by atoms with van der Waals surface area (Å²) < 4.78 is 5.22. The van der Waals surface area contributed by atoms with Gasteiger partial charge in [-0.1, -0.05) is 6.07 Å². The number of amides is 1. The third-order valence-corrected chi connectivity index (χ3v) is 3.12. The van der Waals surface area contributed by atoms with E-state index in [9.17, 15) is 4.79 Å². The minimum atomic E-state index is -0.0703. The number of aromatic nitrogens is 1. The van der Waals surface area contributed by atoms with E-state index in [0.717, 1.165) is 12.1 Å². The lowest BCUT2D eigenvalue weighted by Gasteiger charge is -2.23. The Balaban J connectivity index is 2.31. The van der Waals surface area contributed by atoms with Crippen molar-refractivity contribution in [1.82, 2.24) is 4.98 Å². The molecule has 0 radical (unpaired) electrons. The van der Waals surface area contributed by atoms with Gasteiger partial charge in [0.25, 0.3) is 5.91 Å². The van der Waals surface area contributed by atoms with Crippen LogP contribution in [0.4, 0.5) is 5.69 Å². The van der Waals surface area contributed by atoms with Gasteiger partial charge in [0, 0.05) is 36.3 Å². The maximum atomic E-state index is 12.7. The average Bonchev–Trinajstić information content (AvgIpc) is 2.56. The number of carbonyl (C=O) groups excluding carboxylic acids is 1. The van der Waals surface area contributed by atoms with Crippen LogP contribution < -0.4 is 15.4 Å². The topological polar surface area (TPSA) is 68.5 Å². The zero-order valence-electron chi connectivity index (χ0n) is 12.0. The van der Waals surface area contributed by atoms with Crippen LogP contribution in [0.1, 0.15) is 16.8 Å². The maximum Gasteiger partial charge on any atom is 0.258 e. The van der Waals surface area contributed by atoms with Gasteiger partial charge in [-0.3, -0.25) is 9.78 Å². The predicted molar refractivity (Wildman–Crippen MR) is 82.6 cm³/mol. The number of pyridine rings is 1. The van der Waals surface area contributed by atoms with Crippen LogP contribution in [0.5, 0.6) is 5.75 Å². The number of carbonyl (C=O) groups is 1. The summed E-state index contributed by atoms with van der Waals surface area (Å²) in [5, 5.41) is 0. The molecule has 0 aliphatic rings. The summed E-state index contributed by atoms with van der Waals surface area (Å²) in [6.07, 6.45) is 3.95. The molecule has 0 atom stereocenters. The Morgan fingerprint density at radius 2 is 2.05 bits per heavy atom. The maximum absolute atomic E-state index is 12.7. The molecule has 0 saturated carbocycles. The number of nitrogens with two attached hydrogens (primary N) is 1. The summed E-state index contributed by atoms with van der Waals surface area (Å²) >= 11 is 0. The number of hydrogen-bond donors (Lipinski definition) is 1. The van der Waals surface area contributed by atoms with E-state index in [-0.39, 0.29) is 5.91 Å². The first-order valence-electron chi connectivity index (χ1n) is 6.82. The fraction of sp³-hybridized carbons (Fsp3) is 0.250. The minimum absolute atomic E-state index is 0.0703. The Kier molecular flexibility index (Phi) is 5.29. The molecule has 1 heterocycles. The van der Waals surface area contributed by atoms with Crippen molar-refractivity contribution >= 4 is 11.6 Å². The van der Waals surface area contributed by atoms with Crippen molar-refractivity contribution < 1.29 is 9.53 Å². The molecule has 0 aliphatic heterocycles. The van der Waals surface area contributed by atoms with Gasteiger partial charge in [-0.2, -0.15) is 0 Å². The summed E-state index contributed by atoms with van der Waals surface area (Å²) in [5.74, 6) is 0.645. The van der Waals surface area contributed by atoms with Gasteiger partial charge in [0.1, 0.15) is 5.75 Å². The van der Waals surface area contributed by atoms with E-state index in [4.69, 9.17) is 10.5 Å². The Labute approximate surface area is 124 Å². The summed E-state index contributed by atoms with van der Waals surface area (Å²) in [4.78, 5) is 18.3. The molecule has 0 spiro atoms. The zero-order chi connectivity index (χ0) is 15.1. The van der Waals surface area contributed by atoms with E-state index in [1.165, 1.54) is 0 Å². The van der Waals surface area contributed by atoms with Crippen molar-refractivity contribution in [2.24, 2.45) is 5.73 Å². The first-order valence-corrected chi connectivity index (χ1v) is 6.82. The molecule has 0 unspecified atom stereocenters. The van der Waals surface area contributed by atoms with Crippen LogP contribution in [0.15, 0.2) is 48.8 Å². The number of hydrogen-bond acceptors (Lipinski definition) is 4. The molecule has 0 bridgehead atoms. The Morgan fingerprint density at radius 3 is 2.71 bits per heavy atom. The van der Waals surface area contributed by atoms with Crippen LogP contribution in [0, 0.1) is 0 Å². The molecule has 5 heteroatoms. The smallest absolute Gasteiger partial charge is 0.258 e. The van der Waals surface area contributed by atoms with Crippen molar-refractivity contribution in [2.75, 3.05) is 25.1 Å². The standard InChI is InChI=1S/C16H19N3O2/c1-21-15-5-2-4-14(12-15)19(11-3-8-17)16(20)13-6-9-18-10-7-13/h2,4-7,9-10,12H,3,8,11,17H2,1H3. The normalized spacial score (nSPS) is 10.2. The Bertz CT molecular complexity index is 587. The van der Waals surface area contributed by atoms with Crippen molar-refractivity contribution in [3.63, 3.8) is 0 Å². The van der Waals surface area contributed by atoms with E-state index in [1.54, 1.807) is 36.5 Å².